The Morgan fingerprint density at radius 1 is 0.867 bits per heavy atom. The zero-order chi connectivity index (χ0) is 20.7. The molecular weight excluding hydrogens is 406 g/mol. The molecule has 5 rings (SSSR count). The summed E-state index contributed by atoms with van der Waals surface area (Å²) in [5.74, 6) is 0.252. The number of para-hydroxylation sites is 1. The van der Waals surface area contributed by atoms with Crippen LogP contribution in [0, 0.1) is 0 Å². The Kier molecular flexibility index (Phi) is 4.11. The van der Waals surface area contributed by atoms with Crippen LogP contribution in [0.1, 0.15) is 0 Å². The maximum absolute atomic E-state index is 13.0. The van der Waals surface area contributed by atoms with E-state index < -0.39 is 15.6 Å². The Morgan fingerprint density at radius 3 is 2.60 bits per heavy atom. The Bertz CT molecular complexity index is 1540. The molecule has 0 atom stereocenters. The first kappa shape index (κ1) is 18.1. The number of rotatable bonds is 4. The highest BCUT2D eigenvalue weighted by molar-refractivity contribution is 7.92. The summed E-state index contributed by atoms with van der Waals surface area (Å²) in [6.45, 7) is 0. The van der Waals surface area contributed by atoms with Gasteiger partial charge in [-0.3, -0.25) is 4.72 Å². The predicted octanol–water partition coefficient (Wildman–Crippen LogP) is 3.80. The molecule has 0 unspecified atom stereocenters. The van der Waals surface area contributed by atoms with Crippen LogP contribution in [-0.4, -0.2) is 18.4 Å². The number of hydrogen-bond donors (Lipinski definition) is 1. The van der Waals surface area contributed by atoms with Crippen LogP contribution in [0.3, 0.4) is 0 Å². The van der Waals surface area contributed by atoms with E-state index in [0.29, 0.717) is 33.5 Å². The normalized spacial score (nSPS) is 11.7. The Balaban J connectivity index is 1.55. The van der Waals surface area contributed by atoms with Gasteiger partial charge in [0.15, 0.2) is 11.2 Å². The Morgan fingerprint density at radius 2 is 1.73 bits per heavy atom. The highest BCUT2D eigenvalue weighted by atomic mass is 32.2. The summed E-state index contributed by atoms with van der Waals surface area (Å²) in [6.07, 6.45) is 1.60. The number of nitrogens with zero attached hydrogens (tertiary/aromatic N) is 2. The zero-order valence-corrected chi connectivity index (χ0v) is 16.1. The van der Waals surface area contributed by atoms with Crippen molar-refractivity contribution in [2.45, 2.75) is 4.90 Å². The molecule has 0 aliphatic carbocycles. The van der Waals surface area contributed by atoms with Crippen molar-refractivity contribution in [3.63, 3.8) is 0 Å². The maximum atomic E-state index is 13.0. The molecule has 0 saturated carbocycles. The molecule has 3 heterocycles. The van der Waals surface area contributed by atoms with E-state index in [2.05, 4.69) is 14.7 Å². The smallest absolute Gasteiger partial charge is 0.336 e. The number of benzene rings is 2. The van der Waals surface area contributed by atoms with Gasteiger partial charge in [-0.05, 0) is 48.5 Å². The first-order chi connectivity index (χ1) is 14.5. The molecule has 0 fully saturated rings. The van der Waals surface area contributed by atoms with Gasteiger partial charge in [-0.1, -0.05) is 12.1 Å². The van der Waals surface area contributed by atoms with Crippen LogP contribution in [0.5, 0.6) is 0 Å². The summed E-state index contributed by atoms with van der Waals surface area (Å²) >= 11 is 0. The molecule has 0 saturated heterocycles. The molecule has 148 valence electrons. The van der Waals surface area contributed by atoms with Gasteiger partial charge in [-0.15, -0.1) is 0 Å². The van der Waals surface area contributed by atoms with Crippen molar-refractivity contribution >= 4 is 37.9 Å². The number of fused-ring (bicyclic) bond motifs is 2. The summed E-state index contributed by atoms with van der Waals surface area (Å²) < 4.78 is 39.4. The summed E-state index contributed by atoms with van der Waals surface area (Å²) in [6, 6.07) is 17.3. The van der Waals surface area contributed by atoms with Gasteiger partial charge in [0.2, 0.25) is 5.89 Å². The first-order valence-electron chi connectivity index (χ1n) is 8.87. The molecule has 3 aromatic heterocycles. The fourth-order valence-electron chi connectivity index (χ4n) is 3.06. The largest absolute Gasteiger partial charge is 0.434 e. The van der Waals surface area contributed by atoms with E-state index in [1.165, 1.54) is 30.3 Å². The summed E-state index contributed by atoms with van der Waals surface area (Å²) in [5, 5.41) is 0.496. The standard InChI is InChI=1S/C21H13N3O5S/c25-19-10-7-13-12-14(8-9-17(13)28-19)30(26,27)24-16-5-2-1-4-15(16)21-23-20-18(29-21)6-3-11-22-20/h1-12,24H. The van der Waals surface area contributed by atoms with E-state index in [-0.39, 0.29) is 10.8 Å². The monoisotopic (exact) mass is 419 g/mol. The van der Waals surface area contributed by atoms with Crippen LogP contribution in [0.25, 0.3) is 33.7 Å². The molecule has 0 aliphatic heterocycles. The average molecular weight is 419 g/mol. The van der Waals surface area contributed by atoms with E-state index in [0.717, 1.165) is 0 Å². The van der Waals surface area contributed by atoms with Crippen LogP contribution >= 0.6 is 0 Å². The number of anilines is 1. The molecular formula is C21H13N3O5S. The molecule has 0 radical (unpaired) electrons. The molecule has 5 aromatic rings. The van der Waals surface area contributed by atoms with Crippen LogP contribution in [-0.2, 0) is 10.0 Å². The molecule has 0 spiro atoms. The highest BCUT2D eigenvalue weighted by Crippen LogP contribution is 2.31. The second-order valence-electron chi connectivity index (χ2n) is 6.45. The fraction of sp³-hybridized carbons (Fsp3) is 0. The summed E-state index contributed by atoms with van der Waals surface area (Å²) in [5.41, 5.74) is 1.52. The van der Waals surface area contributed by atoms with Crippen LogP contribution in [0.4, 0.5) is 5.69 Å². The van der Waals surface area contributed by atoms with Gasteiger partial charge in [0.05, 0.1) is 16.1 Å². The molecule has 0 amide bonds. The molecule has 1 N–H and O–H groups in total. The third kappa shape index (κ3) is 3.20. The molecule has 8 nitrogen and oxygen atoms in total. The van der Waals surface area contributed by atoms with E-state index in [1.54, 1.807) is 42.6 Å². The third-order valence-electron chi connectivity index (χ3n) is 4.47. The van der Waals surface area contributed by atoms with Crippen molar-refractivity contribution in [2.24, 2.45) is 0 Å². The van der Waals surface area contributed by atoms with Gasteiger partial charge in [0, 0.05) is 17.6 Å². The van der Waals surface area contributed by atoms with Crippen molar-refractivity contribution in [3.05, 3.63) is 83.3 Å². The average Bonchev–Trinajstić information content (AvgIpc) is 3.17. The lowest BCUT2D eigenvalue weighted by Gasteiger charge is -2.11. The minimum atomic E-state index is -3.93. The maximum Gasteiger partial charge on any atom is 0.336 e. The molecule has 2 aromatic carbocycles. The second kappa shape index (κ2) is 6.82. The SMILES string of the molecule is O=c1ccc2cc(S(=O)(=O)Nc3ccccc3-c3nc4ncccc4o3)ccc2o1. The Labute approximate surface area is 169 Å². The van der Waals surface area contributed by atoms with Crippen LogP contribution in [0.2, 0.25) is 0 Å². The minimum Gasteiger partial charge on any atom is -0.434 e. The number of pyridine rings is 1. The highest BCUT2D eigenvalue weighted by Gasteiger charge is 2.19. The number of hydrogen-bond acceptors (Lipinski definition) is 7. The number of nitrogens with one attached hydrogen (secondary N) is 1. The first-order valence-corrected chi connectivity index (χ1v) is 10.4. The number of oxazole rings is 1. The topological polar surface area (TPSA) is 115 Å². The molecule has 9 heteroatoms. The fourth-order valence-corrected chi connectivity index (χ4v) is 4.18. The lowest BCUT2D eigenvalue weighted by Crippen LogP contribution is -2.13. The van der Waals surface area contributed by atoms with Crippen LogP contribution < -0.4 is 10.3 Å². The number of aromatic nitrogens is 2. The van der Waals surface area contributed by atoms with E-state index in [4.69, 9.17) is 8.83 Å². The van der Waals surface area contributed by atoms with Gasteiger partial charge >= 0.3 is 5.63 Å². The zero-order valence-electron chi connectivity index (χ0n) is 15.3. The van der Waals surface area contributed by atoms with Gasteiger partial charge in [0.25, 0.3) is 10.0 Å². The minimum absolute atomic E-state index is 0.0258. The third-order valence-corrected chi connectivity index (χ3v) is 5.83. The number of sulfonamides is 1. The summed E-state index contributed by atoms with van der Waals surface area (Å²) in [4.78, 5) is 19.8. The van der Waals surface area contributed by atoms with Gasteiger partial charge in [-0.25, -0.2) is 18.2 Å². The van der Waals surface area contributed by atoms with Gasteiger partial charge in [-0.2, -0.15) is 4.98 Å². The van der Waals surface area contributed by atoms with Crippen molar-refractivity contribution in [1.82, 2.24) is 9.97 Å². The van der Waals surface area contributed by atoms with E-state index in [1.807, 2.05) is 0 Å². The molecule has 0 aliphatic rings. The Hall–Kier alpha value is -3.98. The quantitative estimate of drug-likeness (QED) is 0.441. The van der Waals surface area contributed by atoms with E-state index in [9.17, 15) is 13.2 Å². The van der Waals surface area contributed by atoms with Crippen molar-refractivity contribution in [1.29, 1.82) is 0 Å². The summed E-state index contributed by atoms with van der Waals surface area (Å²) in [7, 11) is -3.93. The van der Waals surface area contributed by atoms with Gasteiger partial charge < -0.3 is 8.83 Å². The predicted molar refractivity (Wildman–Crippen MR) is 111 cm³/mol. The molecule has 0 bridgehead atoms. The second-order valence-corrected chi connectivity index (χ2v) is 8.13. The van der Waals surface area contributed by atoms with Gasteiger partial charge in [0.1, 0.15) is 5.58 Å². The van der Waals surface area contributed by atoms with Crippen molar-refractivity contribution < 1.29 is 17.3 Å². The lowest BCUT2D eigenvalue weighted by atomic mass is 10.2. The van der Waals surface area contributed by atoms with E-state index >= 15 is 0 Å². The van der Waals surface area contributed by atoms with Crippen molar-refractivity contribution in [2.75, 3.05) is 4.72 Å². The molecule has 30 heavy (non-hydrogen) atoms. The lowest BCUT2D eigenvalue weighted by molar-refractivity contribution is 0.560. The van der Waals surface area contributed by atoms with Crippen LogP contribution in [0.15, 0.2) is 91.5 Å². The van der Waals surface area contributed by atoms with Crippen molar-refractivity contribution in [3.8, 4) is 11.5 Å².